The van der Waals surface area contributed by atoms with E-state index in [1.165, 1.54) is 18.4 Å². The van der Waals surface area contributed by atoms with Crippen LogP contribution in [0.25, 0.3) is 0 Å². The minimum absolute atomic E-state index is 0.0203. The minimum Gasteiger partial charge on any atom is -0.479 e. The molecule has 0 spiro atoms. The Bertz CT molecular complexity index is 954. The number of ether oxygens (including phenoxy) is 1. The van der Waals surface area contributed by atoms with Crippen LogP contribution in [-0.4, -0.2) is 53.4 Å². The number of halogens is 3. The zero-order valence-corrected chi connectivity index (χ0v) is 20.1. The van der Waals surface area contributed by atoms with Gasteiger partial charge in [0.1, 0.15) is 5.76 Å². The number of alkyl halides is 3. The van der Waals surface area contributed by atoms with Gasteiger partial charge in [0.2, 0.25) is 5.91 Å². The van der Waals surface area contributed by atoms with E-state index in [-0.39, 0.29) is 24.8 Å². The second kappa shape index (κ2) is 11.1. The second-order valence-corrected chi connectivity index (χ2v) is 10.4. The fraction of sp³-hybridized carbons (Fsp3) is 0.696. The molecule has 2 aromatic heterocycles. The lowest BCUT2D eigenvalue weighted by molar-refractivity contribution is -0.134. The monoisotopic (exact) mass is 500 g/mol. The third kappa shape index (κ3) is 7.18. The third-order valence-electron chi connectivity index (χ3n) is 6.62. The number of aryl methyl sites for hydroxylation is 1. The highest BCUT2D eigenvalue weighted by atomic mass is 32.1. The van der Waals surface area contributed by atoms with Crippen LogP contribution in [-0.2, 0) is 30.6 Å². The van der Waals surface area contributed by atoms with E-state index in [0.29, 0.717) is 22.6 Å². The van der Waals surface area contributed by atoms with Gasteiger partial charge in [-0.1, -0.05) is 0 Å². The summed E-state index contributed by atoms with van der Waals surface area (Å²) in [6.07, 6.45) is 1.26. The number of nitrogens with one attached hydrogen (secondary N) is 1. The quantitative estimate of drug-likeness (QED) is 0.553. The number of hydrogen-bond acceptors (Lipinski definition) is 7. The summed E-state index contributed by atoms with van der Waals surface area (Å²) in [5, 5.41) is 7.41. The van der Waals surface area contributed by atoms with Gasteiger partial charge in [-0.25, -0.2) is 4.98 Å². The summed E-state index contributed by atoms with van der Waals surface area (Å²) in [7, 11) is 1.50. The molecule has 2 aliphatic rings. The maximum Gasteiger partial charge on any atom is 0.389 e. The van der Waals surface area contributed by atoms with Crippen LogP contribution < -0.4 is 10.1 Å². The number of carbonyl (C=O) groups excluding carboxylic acids is 1. The summed E-state index contributed by atoms with van der Waals surface area (Å²) in [6.45, 7) is 2.64. The van der Waals surface area contributed by atoms with Gasteiger partial charge in [-0.2, -0.15) is 13.2 Å². The fourth-order valence-electron chi connectivity index (χ4n) is 4.72. The molecule has 1 saturated carbocycles. The van der Waals surface area contributed by atoms with E-state index in [1.807, 2.05) is 0 Å². The standard InChI is InChI=1S/C23H31F3N4O3S/c1-32-21-13-17(33-29-21)12-20(31)27-16-4-2-15(3-5-16)7-10-30-11-8-19-18(14-30)28-22(34-19)6-9-23(24,25)26/h13,15-16H,2-12,14H2,1H3,(H,27,31)/t15-,16-. The first-order valence-electron chi connectivity index (χ1n) is 11.8. The molecule has 1 amide bonds. The van der Waals surface area contributed by atoms with Crippen molar-refractivity contribution < 1.29 is 27.2 Å². The number of methoxy groups -OCH3 is 1. The lowest BCUT2D eigenvalue weighted by Crippen LogP contribution is -2.39. The summed E-state index contributed by atoms with van der Waals surface area (Å²) in [4.78, 5) is 20.3. The molecule has 7 nitrogen and oxygen atoms in total. The summed E-state index contributed by atoms with van der Waals surface area (Å²) < 4.78 is 47.5. The molecule has 2 aromatic rings. The normalized spacial score (nSPS) is 21.3. The number of nitrogens with zero attached hydrogens (tertiary/aromatic N) is 3. The highest BCUT2D eigenvalue weighted by Gasteiger charge is 2.29. The average molecular weight is 501 g/mol. The van der Waals surface area contributed by atoms with Gasteiger partial charge >= 0.3 is 6.18 Å². The van der Waals surface area contributed by atoms with Gasteiger partial charge in [-0.05, 0) is 56.1 Å². The van der Waals surface area contributed by atoms with E-state index >= 15 is 0 Å². The first kappa shape index (κ1) is 25.0. The van der Waals surface area contributed by atoms with Gasteiger partial charge < -0.3 is 14.6 Å². The Morgan fingerprint density at radius 3 is 2.82 bits per heavy atom. The van der Waals surface area contributed by atoms with E-state index in [0.717, 1.165) is 68.7 Å². The third-order valence-corrected chi connectivity index (χ3v) is 7.84. The first-order valence-corrected chi connectivity index (χ1v) is 12.6. The molecule has 0 aromatic carbocycles. The number of carbonyl (C=O) groups is 1. The van der Waals surface area contributed by atoms with Crippen LogP contribution in [0.15, 0.2) is 10.6 Å². The maximum atomic E-state index is 12.5. The van der Waals surface area contributed by atoms with Gasteiger partial charge in [0.25, 0.3) is 5.88 Å². The lowest BCUT2D eigenvalue weighted by atomic mass is 9.84. The predicted octanol–water partition coefficient (Wildman–Crippen LogP) is 4.30. The van der Waals surface area contributed by atoms with Gasteiger partial charge in [-0.15, -0.1) is 11.3 Å². The maximum absolute atomic E-state index is 12.5. The van der Waals surface area contributed by atoms with Gasteiger partial charge in [0.15, 0.2) is 0 Å². The molecule has 34 heavy (non-hydrogen) atoms. The molecule has 0 unspecified atom stereocenters. The molecule has 0 bridgehead atoms. The zero-order chi connectivity index (χ0) is 24.1. The topological polar surface area (TPSA) is 80.5 Å². The molecule has 4 rings (SSSR count). The molecule has 3 heterocycles. The Morgan fingerprint density at radius 1 is 1.32 bits per heavy atom. The summed E-state index contributed by atoms with van der Waals surface area (Å²) in [5.74, 6) is 1.42. The highest BCUT2D eigenvalue weighted by molar-refractivity contribution is 7.11. The molecule has 188 valence electrons. The summed E-state index contributed by atoms with van der Waals surface area (Å²) >= 11 is 1.44. The molecule has 1 fully saturated rings. The van der Waals surface area contributed by atoms with Crippen LogP contribution in [0.2, 0.25) is 0 Å². The number of thiazole rings is 1. The van der Waals surface area contributed by atoms with E-state index in [4.69, 9.17) is 9.26 Å². The number of amides is 1. The van der Waals surface area contributed by atoms with Gasteiger partial charge in [0.05, 0.1) is 24.2 Å². The van der Waals surface area contributed by atoms with Gasteiger partial charge in [-0.3, -0.25) is 9.69 Å². The molecule has 1 aliphatic carbocycles. The number of aromatic nitrogens is 2. The fourth-order valence-corrected chi connectivity index (χ4v) is 5.79. The molecule has 0 atom stereocenters. The van der Waals surface area contributed by atoms with Crippen molar-refractivity contribution in [1.29, 1.82) is 0 Å². The molecule has 1 N–H and O–H groups in total. The zero-order valence-electron chi connectivity index (χ0n) is 19.3. The van der Waals surface area contributed by atoms with Crippen molar-refractivity contribution in [3.63, 3.8) is 0 Å². The molecule has 0 radical (unpaired) electrons. The molecular weight excluding hydrogens is 469 g/mol. The van der Waals surface area contributed by atoms with Crippen molar-refractivity contribution in [1.82, 2.24) is 20.4 Å². The van der Waals surface area contributed by atoms with Crippen LogP contribution in [0.4, 0.5) is 13.2 Å². The van der Waals surface area contributed by atoms with Crippen molar-refractivity contribution in [3.8, 4) is 5.88 Å². The Hall–Kier alpha value is -2.14. The molecule has 0 saturated heterocycles. The highest BCUT2D eigenvalue weighted by Crippen LogP contribution is 2.31. The number of rotatable bonds is 9. The van der Waals surface area contributed by atoms with Crippen molar-refractivity contribution in [3.05, 3.63) is 27.4 Å². The predicted molar refractivity (Wildman–Crippen MR) is 121 cm³/mol. The minimum atomic E-state index is -4.13. The van der Waals surface area contributed by atoms with Crippen LogP contribution in [0, 0.1) is 5.92 Å². The second-order valence-electron chi connectivity index (χ2n) is 9.21. The largest absolute Gasteiger partial charge is 0.479 e. The van der Waals surface area contributed by atoms with Crippen molar-refractivity contribution in [2.45, 2.75) is 76.6 Å². The molecule has 11 heteroatoms. The van der Waals surface area contributed by atoms with Crippen LogP contribution in [0.3, 0.4) is 0 Å². The van der Waals surface area contributed by atoms with Crippen molar-refractivity contribution >= 4 is 17.2 Å². The van der Waals surface area contributed by atoms with E-state index in [1.54, 1.807) is 6.07 Å². The molecular formula is C23H31F3N4O3S. The van der Waals surface area contributed by atoms with Crippen LogP contribution in [0.5, 0.6) is 5.88 Å². The Kier molecular flexibility index (Phi) is 8.13. The Balaban J connectivity index is 1.14. The summed E-state index contributed by atoms with van der Waals surface area (Å²) in [5.41, 5.74) is 0.962. The molecule has 1 aliphatic heterocycles. The SMILES string of the molecule is COc1cc(CC(=O)N[C@H]2CC[C@H](CCN3CCc4sc(CCC(F)(F)F)nc4C3)CC2)on1. The van der Waals surface area contributed by atoms with E-state index in [2.05, 4.69) is 20.4 Å². The smallest absolute Gasteiger partial charge is 0.389 e. The number of fused-ring (bicyclic) bond motifs is 1. The van der Waals surface area contributed by atoms with Gasteiger partial charge in [0, 0.05) is 42.9 Å². The van der Waals surface area contributed by atoms with Crippen molar-refractivity contribution in [2.75, 3.05) is 20.2 Å². The summed E-state index contributed by atoms with van der Waals surface area (Å²) in [6, 6.07) is 1.81. The van der Waals surface area contributed by atoms with E-state index in [9.17, 15) is 18.0 Å². The Labute approximate surface area is 201 Å². The van der Waals surface area contributed by atoms with Crippen LogP contribution >= 0.6 is 11.3 Å². The lowest BCUT2D eigenvalue weighted by Gasteiger charge is -2.32. The van der Waals surface area contributed by atoms with Crippen LogP contribution in [0.1, 0.15) is 59.9 Å². The average Bonchev–Trinajstić information content (AvgIpc) is 3.42. The number of hydrogen-bond donors (Lipinski definition) is 1. The first-order chi connectivity index (χ1) is 16.3. The Morgan fingerprint density at radius 2 is 2.12 bits per heavy atom. The van der Waals surface area contributed by atoms with Crippen molar-refractivity contribution in [2.24, 2.45) is 5.92 Å². The van der Waals surface area contributed by atoms with E-state index < -0.39 is 12.6 Å².